The summed E-state index contributed by atoms with van der Waals surface area (Å²) >= 11 is 1.46. The topological polar surface area (TPSA) is 60.5 Å². The minimum atomic E-state index is -0.122. The van der Waals surface area contributed by atoms with Crippen LogP contribution in [0.25, 0.3) is 10.2 Å². The van der Waals surface area contributed by atoms with Crippen LogP contribution in [0.15, 0.2) is 48.5 Å². The maximum atomic E-state index is 12.0. The smallest absolute Gasteiger partial charge is 0.229 e. The van der Waals surface area contributed by atoms with Gasteiger partial charge >= 0.3 is 0 Å². The molecule has 3 aromatic rings. The molecule has 0 fully saturated rings. The maximum Gasteiger partial charge on any atom is 0.229 e. The van der Waals surface area contributed by atoms with Crippen LogP contribution < -0.4 is 14.8 Å². The largest absolute Gasteiger partial charge is 0.490 e. The highest BCUT2D eigenvalue weighted by Crippen LogP contribution is 2.27. The van der Waals surface area contributed by atoms with Gasteiger partial charge in [0.2, 0.25) is 5.91 Å². The van der Waals surface area contributed by atoms with Gasteiger partial charge in [0.15, 0.2) is 16.6 Å². The van der Waals surface area contributed by atoms with Gasteiger partial charge in [-0.05, 0) is 31.2 Å². The molecule has 6 heteroatoms. The molecule has 124 valence electrons. The normalized spacial score (nSPS) is 10.5. The monoisotopic (exact) mass is 342 g/mol. The number of aromatic nitrogens is 1. The van der Waals surface area contributed by atoms with E-state index in [4.69, 9.17) is 9.47 Å². The van der Waals surface area contributed by atoms with E-state index in [0.717, 1.165) is 10.2 Å². The standard InChI is InChI=1S/C18H18N2O3S/c1-2-22-14-8-4-5-9-15(14)23-12-11-17(21)20-18-19-13-7-3-6-10-16(13)24-18/h3-10H,2,11-12H2,1H3,(H,19,20,21). The van der Waals surface area contributed by atoms with Crippen molar-refractivity contribution in [2.45, 2.75) is 13.3 Å². The van der Waals surface area contributed by atoms with Crippen molar-refractivity contribution in [1.29, 1.82) is 0 Å². The summed E-state index contributed by atoms with van der Waals surface area (Å²) < 4.78 is 12.2. The number of para-hydroxylation sites is 3. The minimum Gasteiger partial charge on any atom is -0.490 e. The summed E-state index contributed by atoms with van der Waals surface area (Å²) in [4.78, 5) is 16.4. The maximum absolute atomic E-state index is 12.0. The average Bonchev–Trinajstić information content (AvgIpc) is 2.98. The first-order chi connectivity index (χ1) is 11.8. The number of nitrogens with zero attached hydrogens (tertiary/aromatic N) is 1. The number of carbonyl (C=O) groups is 1. The summed E-state index contributed by atoms with van der Waals surface area (Å²) in [6.07, 6.45) is 0.246. The number of ether oxygens (including phenoxy) is 2. The van der Waals surface area contributed by atoms with E-state index in [0.29, 0.717) is 23.2 Å². The van der Waals surface area contributed by atoms with Crippen LogP contribution in [-0.2, 0) is 4.79 Å². The van der Waals surface area contributed by atoms with E-state index in [9.17, 15) is 4.79 Å². The fourth-order valence-corrected chi connectivity index (χ4v) is 3.09. The van der Waals surface area contributed by atoms with Gasteiger partial charge < -0.3 is 14.8 Å². The van der Waals surface area contributed by atoms with E-state index in [1.54, 1.807) is 0 Å². The zero-order valence-corrected chi connectivity index (χ0v) is 14.1. The number of carbonyl (C=O) groups excluding carboxylic acids is 1. The average molecular weight is 342 g/mol. The predicted octanol–water partition coefficient (Wildman–Crippen LogP) is 4.10. The van der Waals surface area contributed by atoms with Gasteiger partial charge in [-0.3, -0.25) is 4.79 Å². The van der Waals surface area contributed by atoms with Crippen molar-refractivity contribution in [3.05, 3.63) is 48.5 Å². The van der Waals surface area contributed by atoms with E-state index >= 15 is 0 Å². The fraction of sp³-hybridized carbons (Fsp3) is 0.222. The Bertz CT molecular complexity index is 799. The van der Waals surface area contributed by atoms with Gasteiger partial charge in [-0.25, -0.2) is 4.98 Å². The first kappa shape index (κ1) is 16.3. The number of benzene rings is 2. The first-order valence-corrected chi connectivity index (χ1v) is 8.58. The molecule has 0 aliphatic heterocycles. The SMILES string of the molecule is CCOc1ccccc1OCCC(=O)Nc1nc2ccccc2s1. The Hall–Kier alpha value is -2.60. The highest BCUT2D eigenvalue weighted by atomic mass is 32.1. The molecule has 0 spiro atoms. The number of rotatable bonds is 7. The Kier molecular flexibility index (Phi) is 5.28. The number of fused-ring (bicyclic) bond motifs is 1. The first-order valence-electron chi connectivity index (χ1n) is 7.76. The quantitative estimate of drug-likeness (QED) is 0.702. The van der Waals surface area contributed by atoms with Crippen molar-refractivity contribution in [2.75, 3.05) is 18.5 Å². The van der Waals surface area contributed by atoms with Crippen molar-refractivity contribution in [2.24, 2.45) is 0 Å². The molecule has 0 radical (unpaired) electrons. The fourth-order valence-electron chi connectivity index (χ4n) is 2.21. The molecule has 5 nitrogen and oxygen atoms in total. The lowest BCUT2D eigenvalue weighted by Gasteiger charge is -2.11. The highest BCUT2D eigenvalue weighted by Gasteiger charge is 2.09. The van der Waals surface area contributed by atoms with E-state index in [1.807, 2.05) is 55.5 Å². The zero-order valence-electron chi connectivity index (χ0n) is 13.3. The number of nitrogens with one attached hydrogen (secondary N) is 1. The second-order valence-electron chi connectivity index (χ2n) is 5.01. The third kappa shape index (κ3) is 4.02. The number of hydrogen-bond donors (Lipinski definition) is 1. The van der Waals surface area contributed by atoms with Gasteiger partial charge in [-0.1, -0.05) is 35.6 Å². The van der Waals surface area contributed by atoms with Gasteiger partial charge in [0.1, 0.15) is 0 Å². The van der Waals surface area contributed by atoms with E-state index in [1.165, 1.54) is 11.3 Å². The van der Waals surface area contributed by atoms with Crippen molar-refractivity contribution >= 4 is 32.6 Å². The lowest BCUT2D eigenvalue weighted by molar-refractivity contribution is -0.116. The molecule has 1 aromatic heterocycles. The van der Waals surface area contributed by atoms with Gasteiger partial charge in [0.25, 0.3) is 0 Å². The van der Waals surface area contributed by atoms with E-state index in [2.05, 4.69) is 10.3 Å². The summed E-state index contributed by atoms with van der Waals surface area (Å²) in [5.74, 6) is 1.21. The van der Waals surface area contributed by atoms with Crippen LogP contribution in [0.2, 0.25) is 0 Å². The summed E-state index contributed by atoms with van der Waals surface area (Å²) in [5, 5.41) is 3.42. The summed E-state index contributed by atoms with van der Waals surface area (Å²) in [7, 11) is 0. The molecule has 0 saturated heterocycles. The van der Waals surface area contributed by atoms with Crippen molar-refractivity contribution in [3.8, 4) is 11.5 Å². The molecule has 1 amide bonds. The van der Waals surface area contributed by atoms with Gasteiger partial charge in [0.05, 0.1) is 29.9 Å². The zero-order chi connectivity index (χ0) is 16.8. The molecule has 0 aliphatic rings. The van der Waals surface area contributed by atoms with E-state index < -0.39 is 0 Å². The third-order valence-corrected chi connectivity index (χ3v) is 4.23. The van der Waals surface area contributed by atoms with Crippen LogP contribution in [0.4, 0.5) is 5.13 Å². The van der Waals surface area contributed by atoms with Crippen molar-refractivity contribution in [3.63, 3.8) is 0 Å². The number of anilines is 1. The third-order valence-electron chi connectivity index (χ3n) is 3.28. The molecular formula is C18H18N2O3S. The molecule has 24 heavy (non-hydrogen) atoms. The molecule has 1 heterocycles. The van der Waals surface area contributed by atoms with Gasteiger partial charge in [0, 0.05) is 0 Å². The summed E-state index contributed by atoms with van der Waals surface area (Å²) in [6, 6.07) is 15.2. The molecule has 0 saturated carbocycles. The minimum absolute atomic E-state index is 0.122. The molecular weight excluding hydrogens is 324 g/mol. The Morgan fingerprint density at radius 1 is 1.08 bits per heavy atom. The lowest BCUT2D eigenvalue weighted by atomic mass is 10.3. The Labute approximate surface area is 144 Å². The Balaban J connectivity index is 1.52. The van der Waals surface area contributed by atoms with Crippen LogP contribution in [0.3, 0.4) is 0 Å². The number of amides is 1. The lowest BCUT2D eigenvalue weighted by Crippen LogP contribution is -2.15. The number of thiazole rings is 1. The van der Waals surface area contributed by atoms with E-state index in [-0.39, 0.29) is 18.9 Å². The Morgan fingerprint density at radius 3 is 2.54 bits per heavy atom. The molecule has 0 bridgehead atoms. The Morgan fingerprint density at radius 2 is 1.79 bits per heavy atom. The summed E-state index contributed by atoms with van der Waals surface area (Å²) in [5.41, 5.74) is 0.889. The second-order valence-corrected chi connectivity index (χ2v) is 6.04. The predicted molar refractivity (Wildman–Crippen MR) is 96.0 cm³/mol. The van der Waals surface area contributed by atoms with Crippen LogP contribution in [-0.4, -0.2) is 24.1 Å². The van der Waals surface area contributed by atoms with Crippen LogP contribution in [0.1, 0.15) is 13.3 Å². The molecule has 0 unspecified atom stereocenters. The van der Waals surface area contributed by atoms with Crippen LogP contribution in [0, 0.1) is 0 Å². The van der Waals surface area contributed by atoms with Gasteiger partial charge in [-0.15, -0.1) is 0 Å². The second kappa shape index (κ2) is 7.79. The highest BCUT2D eigenvalue weighted by molar-refractivity contribution is 7.22. The molecule has 0 aliphatic carbocycles. The van der Waals surface area contributed by atoms with Crippen LogP contribution in [0.5, 0.6) is 11.5 Å². The molecule has 3 rings (SSSR count). The van der Waals surface area contributed by atoms with Gasteiger partial charge in [-0.2, -0.15) is 0 Å². The molecule has 0 atom stereocenters. The number of hydrogen-bond acceptors (Lipinski definition) is 5. The molecule has 2 aromatic carbocycles. The van der Waals surface area contributed by atoms with Crippen molar-refractivity contribution in [1.82, 2.24) is 4.98 Å². The van der Waals surface area contributed by atoms with Crippen molar-refractivity contribution < 1.29 is 14.3 Å². The molecule has 1 N–H and O–H groups in total. The summed E-state index contributed by atoms with van der Waals surface area (Å²) in [6.45, 7) is 2.77. The van der Waals surface area contributed by atoms with Crippen LogP contribution >= 0.6 is 11.3 Å².